The molecule has 0 aliphatic carbocycles. The molecule has 0 radical (unpaired) electrons. The van der Waals surface area contributed by atoms with Crippen LogP contribution >= 0.6 is 0 Å². The maximum absolute atomic E-state index is 6.12. The summed E-state index contributed by atoms with van der Waals surface area (Å²) < 4.78 is 8.51. The second kappa shape index (κ2) is 9.82. The van der Waals surface area contributed by atoms with Gasteiger partial charge in [-0.15, -0.1) is 0 Å². The molecule has 160 valence electrons. The van der Waals surface area contributed by atoms with Crippen molar-refractivity contribution in [2.24, 2.45) is 0 Å². The number of unbranched alkanes of at least 4 members (excludes halogenated alkanes) is 1. The fourth-order valence-electron chi connectivity index (χ4n) is 4.13. The van der Waals surface area contributed by atoms with Crippen LogP contribution in [-0.2, 0) is 13.0 Å². The maximum Gasteiger partial charge on any atom is 0.122 e. The molecule has 0 amide bonds. The van der Waals surface area contributed by atoms with Crippen molar-refractivity contribution < 1.29 is 4.74 Å². The van der Waals surface area contributed by atoms with E-state index in [2.05, 4.69) is 98.1 Å². The van der Waals surface area contributed by atoms with E-state index >= 15 is 0 Å². The standard InChI is InChI=1S/C28H32N2O/c1-21(2)24-14-6-9-17-27(24)31-19-11-10-18-30-26-16-8-7-15-25(26)29-28(30)20-23-13-5-4-12-22(23)3/h4-9,12-17,21H,10-11,18-20H2,1-3H3. The van der Waals surface area contributed by atoms with Gasteiger partial charge in [0.05, 0.1) is 17.6 Å². The van der Waals surface area contributed by atoms with E-state index in [0.29, 0.717) is 5.92 Å². The average molecular weight is 413 g/mol. The number of rotatable bonds is 9. The first-order valence-electron chi connectivity index (χ1n) is 11.3. The van der Waals surface area contributed by atoms with Crippen molar-refractivity contribution in [3.05, 3.63) is 95.3 Å². The Kier molecular flexibility index (Phi) is 6.71. The van der Waals surface area contributed by atoms with Gasteiger partial charge in [-0.05, 0) is 60.6 Å². The number of benzene rings is 3. The van der Waals surface area contributed by atoms with Crippen LogP contribution in [-0.4, -0.2) is 16.2 Å². The number of nitrogens with zero attached hydrogens (tertiary/aromatic N) is 2. The van der Waals surface area contributed by atoms with E-state index in [9.17, 15) is 0 Å². The van der Waals surface area contributed by atoms with E-state index in [1.165, 1.54) is 22.2 Å². The second-order valence-corrected chi connectivity index (χ2v) is 8.52. The largest absolute Gasteiger partial charge is 0.493 e. The zero-order chi connectivity index (χ0) is 21.6. The summed E-state index contributed by atoms with van der Waals surface area (Å²) in [5.74, 6) is 2.63. The van der Waals surface area contributed by atoms with E-state index in [4.69, 9.17) is 9.72 Å². The van der Waals surface area contributed by atoms with Crippen molar-refractivity contribution in [1.82, 2.24) is 9.55 Å². The van der Waals surface area contributed by atoms with Gasteiger partial charge in [-0.25, -0.2) is 4.98 Å². The van der Waals surface area contributed by atoms with Crippen LogP contribution in [0.3, 0.4) is 0 Å². The van der Waals surface area contributed by atoms with E-state index in [-0.39, 0.29) is 0 Å². The molecule has 0 saturated heterocycles. The van der Waals surface area contributed by atoms with Gasteiger partial charge in [-0.2, -0.15) is 0 Å². The van der Waals surface area contributed by atoms with Gasteiger partial charge in [0.2, 0.25) is 0 Å². The molecule has 0 fully saturated rings. The van der Waals surface area contributed by atoms with E-state index < -0.39 is 0 Å². The normalized spacial score (nSPS) is 11.4. The topological polar surface area (TPSA) is 27.1 Å². The van der Waals surface area contributed by atoms with Crippen LogP contribution in [0.15, 0.2) is 72.8 Å². The Morgan fingerprint density at radius 3 is 2.45 bits per heavy atom. The highest BCUT2D eigenvalue weighted by Crippen LogP contribution is 2.26. The van der Waals surface area contributed by atoms with Crippen LogP contribution < -0.4 is 4.74 Å². The first-order chi connectivity index (χ1) is 15.1. The first-order valence-corrected chi connectivity index (χ1v) is 11.3. The third-order valence-electron chi connectivity index (χ3n) is 5.92. The van der Waals surface area contributed by atoms with Crippen molar-refractivity contribution in [3.63, 3.8) is 0 Å². The molecule has 0 N–H and O–H groups in total. The Balaban J connectivity index is 1.43. The minimum absolute atomic E-state index is 0.470. The molecule has 0 unspecified atom stereocenters. The van der Waals surface area contributed by atoms with Crippen LogP contribution in [0.5, 0.6) is 5.75 Å². The molecule has 3 nitrogen and oxygen atoms in total. The Labute approximate surface area is 185 Å². The molecule has 0 bridgehead atoms. The Bertz CT molecular complexity index is 1140. The van der Waals surface area contributed by atoms with E-state index in [1.54, 1.807) is 0 Å². The van der Waals surface area contributed by atoms with Crippen molar-refractivity contribution in [3.8, 4) is 5.75 Å². The molecule has 0 aliphatic heterocycles. The Morgan fingerprint density at radius 1 is 0.871 bits per heavy atom. The van der Waals surface area contributed by atoms with Gasteiger partial charge in [0.1, 0.15) is 11.6 Å². The molecule has 1 heterocycles. The summed E-state index contributed by atoms with van der Waals surface area (Å²) >= 11 is 0. The van der Waals surface area contributed by atoms with Crippen molar-refractivity contribution in [2.45, 2.75) is 52.5 Å². The summed E-state index contributed by atoms with van der Waals surface area (Å²) in [5.41, 5.74) is 6.24. The summed E-state index contributed by atoms with van der Waals surface area (Å²) in [6, 6.07) is 25.4. The number of aromatic nitrogens is 2. The lowest BCUT2D eigenvalue weighted by atomic mass is 10.0. The molecule has 3 heteroatoms. The van der Waals surface area contributed by atoms with Crippen LogP contribution in [0.4, 0.5) is 0 Å². The second-order valence-electron chi connectivity index (χ2n) is 8.52. The summed E-state index contributed by atoms with van der Waals surface area (Å²) in [7, 11) is 0. The molecule has 1 aromatic heterocycles. The summed E-state index contributed by atoms with van der Waals surface area (Å²) in [6.45, 7) is 8.29. The average Bonchev–Trinajstić information content (AvgIpc) is 3.12. The third-order valence-corrected chi connectivity index (χ3v) is 5.92. The third kappa shape index (κ3) is 4.99. The molecular weight excluding hydrogens is 380 g/mol. The lowest BCUT2D eigenvalue weighted by molar-refractivity contribution is 0.299. The van der Waals surface area contributed by atoms with Gasteiger partial charge in [-0.1, -0.05) is 68.4 Å². The zero-order valence-corrected chi connectivity index (χ0v) is 18.8. The minimum Gasteiger partial charge on any atom is -0.493 e. The van der Waals surface area contributed by atoms with Crippen molar-refractivity contribution >= 4 is 11.0 Å². The van der Waals surface area contributed by atoms with E-state index in [1.807, 2.05) is 0 Å². The fraction of sp³-hybridized carbons (Fsp3) is 0.321. The minimum atomic E-state index is 0.470. The quantitative estimate of drug-likeness (QED) is 0.279. The molecular formula is C28H32N2O. The van der Waals surface area contributed by atoms with Crippen LogP contribution in [0.1, 0.15) is 55.1 Å². The monoisotopic (exact) mass is 412 g/mol. The molecule has 0 atom stereocenters. The SMILES string of the molecule is Cc1ccccc1Cc1nc2ccccc2n1CCCCOc1ccccc1C(C)C. The predicted octanol–water partition coefficient (Wildman–Crippen LogP) is 6.92. The molecule has 0 saturated carbocycles. The van der Waals surface area contributed by atoms with Gasteiger partial charge in [0.25, 0.3) is 0 Å². The molecule has 0 aliphatic rings. The van der Waals surface area contributed by atoms with Gasteiger partial charge < -0.3 is 9.30 Å². The van der Waals surface area contributed by atoms with Crippen LogP contribution in [0, 0.1) is 6.92 Å². The molecule has 4 aromatic rings. The first kappa shape index (κ1) is 21.2. The van der Waals surface area contributed by atoms with Gasteiger partial charge in [0.15, 0.2) is 0 Å². The maximum atomic E-state index is 6.12. The molecule has 0 spiro atoms. The molecule has 4 rings (SSSR count). The summed E-state index contributed by atoms with van der Waals surface area (Å²) in [5, 5.41) is 0. The fourth-order valence-corrected chi connectivity index (χ4v) is 4.13. The highest BCUT2D eigenvalue weighted by molar-refractivity contribution is 5.76. The summed E-state index contributed by atoms with van der Waals surface area (Å²) in [6.07, 6.45) is 2.94. The lowest BCUT2D eigenvalue weighted by Crippen LogP contribution is -2.07. The van der Waals surface area contributed by atoms with Crippen LogP contribution in [0.2, 0.25) is 0 Å². The summed E-state index contributed by atoms with van der Waals surface area (Å²) in [4.78, 5) is 4.96. The number of para-hydroxylation sites is 3. The highest BCUT2D eigenvalue weighted by atomic mass is 16.5. The predicted molar refractivity (Wildman–Crippen MR) is 129 cm³/mol. The Hall–Kier alpha value is -3.07. The number of imidazole rings is 1. The zero-order valence-electron chi connectivity index (χ0n) is 18.8. The number of ether oxygens (including phenoxy) is 1. The smallest absolute Gasteiger partial charge is 0.122 e. The number of hydrogen-bond acceptors (Lipinski definition) is 2. The number of hydrogen-bond donors (Lipinski definition) is 0. The van der Waals surface area contributed by atoms with Crippen molar-refractivity contribution in [1.29, 1.82) is 0 Å². The number of fused-ring (bicyclic) bond motifs is 1. The van der Waals surface area contributed by atoms with E-state index in [0.717, 1.165) is 49.5 Å². The molecule has 31 heavy (non-hydrogen) atoms. The lowest BCUT2D eigenvalue weighted by Gasteiger charge is -2.14. The van der Waals surface area contributed by atoms with Crippen LogP contribution in [0.25, 0.3) is 11.0 Å². The molecule has 3 aromatic carbocycles. The van der Waals surface area contributed by atoms with Gasteiger partial charge in [0, 0.05) is 13.0 Å². The van der Waals surface area contributed by atoms with Gasteiger partial charge >= 0.3 is 0 Å². The Morgan fingerprint density at radius 2 is 1.61 bits per heavy atom. The highest BCUT2D eigenvalue weighted by Gasteiger charge is 2.12. The number of aryl methyl sites for hydroxylation is 2. The van der Waals surface area contributed by atoms with Crippen molar-refractivity contribution in [2.75, 3.05) is 6.61 Å². The van der Waals surface area contributed by atoms with Gasteiger partial charge in [-0.3, -0.25) is 0 Å².